The van der Waals surface area contributed by atoms with E-state index in [9.17, 15) is 8.42 Å². The van der Waals surface area contributed by atoms with Crippen LogP contribution < -0.4 is 15.5 Å². The van der Waals surface area contributed by atoms with Crippen LogP contribution in [0.1, 0.15) is 29.2 Å². The van der Waals surface area contributed by atoms with Crippen LogP contribution in [0, 0.1) is 13.8 Å². The lowest BCUT2D eigenvalue weighted by atomic mass is 10.1. The molecule has 0 aromatic heterocycles. The molecule has 7 heteroatoms. The van der Waals surface area contributed by atoms with E-state index in [1.165, 1.54) is 23.1 Å². The summed E-state index contributed by atoms with van der Waals surface area (Å²) in [5.41, 5.74) is 5.32. The number of hydrogen-bond acceptors (Lipinski definition) is 4. The molecule has 0 aliphatic heterocycles. The SMILES string of the molecule is CCNC(=NCc1ccc(S(C)(=O)=O)c(C)c1)NCc1ccc(C)cc1N(C)C. The van der Waals surface area contributed by atoms with E-state index in [0.717, 1.165) is 23.6 Å². The van der Waals surface area contributed by atoms with Crippen LogP contribution in [0.4, 0.5) is 5.69 Å². The van der Waals surface area contributed by atoms with Gasteiger partial charge in [-0.15, -0.1) is 0 Å². The number of hydrogen-bond donors (Lipinski definition) is 2. The third-order valence-corrected chi connectivity index (χ3v) is 5.83. The molecule has 0 aliphatic carbocycles. The molecule has 0 unspecified atom stereocenters. The Balaban J connectivity index is 2.14. The summed E-state index contributed by atoms with van der Waals surface area (Å²) in [5.74, 6) is 0.725. The third-order valence-electron chi connectivity index (χ3n) is 4.57. The third kappa shape index (κ3) is 6.49. The zero-order valence-electron chi connectivity index (χ0n) is 18.2. The van der Waals surface area contributed by atoms with Crippen LogP contribution in [-0.2, 0) is 22.9 Å². The summed E-state index contributed by atoms with van der Waals surface area (Å²) in [6, 6.07) is 11.8. The monoisotopic (exact) mass is 416 g/mol. The molecule has 0 saturated heterocycles. The van der Waals surface area contributed by atoms with E-state index in [0.29, 0.717) is 18.0 Å². The van der Waals surface area contributed by atoms with E-state index >= 15 is 0 Å². The molecule has 0 fully saturated rings. The van der Waals surface area contributed by atoms with Gasteiger partial charge in [0.1, 0.15) is 0 Å². The first-order valence-electron chi connectivity index (χ1n) is 9.70. The first-order chi connectivity index (χ1) is 13.6. The Morgan fingerprint density at radius 1 is 1.07 bits per heavy atom. The lowest BCUT2D eigenvalue weighted by Crippen LogP contribution is -2.37. The predicted octanol–water partition coefficient (Wildman–Crippen LogP) is 3.03. The van der Waals surface area contributed by atoms with E-state index in [4.69, 9.17) is 0 Å². The maximum absolute atomic E-state index is 11.8. The number of nitrogens with one attached hydrogen (secondary N) is 2. The van der Waals surface area contributed by atoms with Crippen molar-refractivity contribution in [2.24, 2.45) is 4.99 Å². The van der Waals surface area contributed by atoms with Gasteiger partial charge in [-0.25, -0.2) is 13.4 Å². The fraction of sp³-hybridized carbons (Fsp3) is 0.409. The molecule has 2 aromatic carbocycles. The molecule has 0 amide bonds. The number of nitrogens with zero attached hydrogens (tertiary/aromatic N) is 2. The maximum atomic E-state index is 11.8. The zero-order valence-corrected chi connectivity index (χ0v) is 19.0. The van der Waals surface area contributed by atoms with Gasteiger partial charge in [0, 0.05) is 39.1 Å². The Morgan fingerprint density at radius 3 is 2.38 bits per heavy atom. The highest BCUT2D eigenvalue weighted by Crippen LogP contribution is 2.20. The van der Waals surface area contributed by atoms with Crippen molar-refractivity contribution in [3.05, 3.63) is 58.7 Å². The summed E-state index contributed by atoms with van der Waals surface area (Å²) in [7, 11) is 0.875. The molecule has 0 radical (unpaired) electrons. The van der Waals surface area contributed by atoms with Gasteiger partial charge in [0.2, 0.25) is 0 Å². The van der Waals surface area contributed by atoms with Gasteiger partial charge in [0.05, 0.1) is 11.4 Å². The van der Waals surface area contributed by atoms with Crippen LogP contribution in [0.25, 0.3) is 0 Å². The molecule has 6 nitrogen and oxygen atoms in total. The fourth-order valence-corrected chi connectivity index (χ4v) is 4.12. The highest BCUT2D eigenvalue weighted by molar-refractivity contribution is 7.90. The molecule has 2 rings (SSSR count). The highest BCUT2D eigenvalue weighted by atomic mass is 32.2. The Kier molecular flexibility index (Phi) is 7.67. The van der Waals surface area contributed by atoms with Crippen molar-refractivity contribution in [1.82, 2.24) is 10.6 Å². The quantitative estimate of drug-likeness (QED) is 0.536. The number of aliphatic imine (C=N–C) groups is 1. The summed E-state index contributed by atoms with van der Waals surface area (Å²) in [6.07, 6.45) is 1.23. The maximum Gasteiger partial charge on any atom is 0.191 e. The summed E-state index contributed by atoms with van der Waals surface area (Å²) in [4.78, 5) is 7.13. The highest BCUT2D eigenvalue weighted by Gasteiger charge is 2.11. The van der Waals surface area contributed by atoms with E-state index in [-0.39, 0.29) is 0 Å². The number of sulfone groups is 1. The lowest BCUT2D eigenvalue weighted by molar-refractivity contribution is 0.601. The number of aryl methyl sites for hydroxylation is 2. The van der Waals surface area contributed by atoms with Crippen molar-refractivity contribution in [1.29, 1.82) is 0 Å². The van der Waals surface area contributed by atoms with Crippen LogP contribution in [0.3, 0.4) is 0 Å². The summed E-state index contributed by atoms with van der Waals surface area (Å²) in [5, 5.41) is 6.65. The van der Waals surface area contributed by atoms with Crippen molar-refractivity contribution < 1.29 is 8.42 Å². The van der Waals surface area contributed by atoms with E-state index < -0.39 is 9.84 Å². The predicted molar refractivity (Wildman–Crippen MR) is 121 cm³/mol. The van der Waals surface area contributed by atoms with Gasteiger partial charge in [0.15, 0.2) is 15.8 Å². The number of guanidine groups is 1. The van der Waals surface area contributed by atoms with Crippen LogP contribution in [-0.4, -0.2) is 41.3 Å². The molecular weight excluding hydrogens is 384 g/mol. The Hall–Kier alpha value is -2.54. The van der Waals surface area contributed by atoms with Crippen LogP contribution in [0.15, 0.2) is 46.3 Å². The minimum absolute atomic E-state index is 0.367. The van der Waals surface area contributed by atoms with Crippen LogP contribution in [0.5, 0.6) is 0 Å². The normalized spacial score (nSPS) is 12.0. The number of benzene rings is 2. The molecule has 158 valence electrons. The molecule has 0 aliphatic rings. The van der Waals surface area contributed by atoms with Crippen LogP contribution >= 0.6 is 0 Å². The molecule has 0 spiro atoms. The topological polar surface area (TPSA) is 73.8 Å². The minimum atomic E-state index is -3.21. The average molecular weight is 417 g/mol. The standard InChI is InChI=1S/C22H32N4O2S/c1-7-23-22(25-15-19-10-8-16(2)12-20(19)26(4)5)24-14-18-9-11-21(17(3)13-18)29(6,27)28/h8-13H,7,14-15H2,1-6H3,(H2,23,24,25). The van der Waals surface area contributed by atoms with Gasteiger partial charge in [-0.05, 0) is 55.2 Å². The molecule has 0 heterocycles. The Labute approximate surface area is 175 Å². The van der Waals surface area contributed by atoms with Crippen molar-refractivity contribution in [3.63, 3.8) is 0 Å². The van der Waals surface area contributed by atoms with Crippen LogP contribution in [0.2, 0.25) is 0 Å². The molecular formula is C22H32N4O2S. The minimum Gasteiger partial charge on any atom is -0.377 e. The Bertz CT molecular complexity index is 982. The lowest BCUT2D eigenvalue weighted by Gasteiger charge is -2.19. The summed E-state index contributed by atoms with van der Waals surface area (Å²) in [6.45, 7) is 7.81. The number of rotatable bonds is 7. The van der Waals surface area contributed by atoms with Gasteiger partial charge >= 0.3 is 0 Å². The molecule has 0 bridgehead atoms. The summed E-state index contributed by atoms with van der Waals surface area (Å²) >= 11 is 0. The van der Waals surface area contributed by atoms with Gasteiger partial charge < -0.3 is 15.5 Å². The van der Waals surface area contributed by atoms with Gasteiger partial charge in [-0.3, -0.25) is 0 Å². The molecule has 2 aromatic rings. The van der Waals surface area contributed by atoms with E-state index in [1.54, 1.807) is 6.07 Å². The second-order valence-corrected chi connectivity index (χ2v) is 9.43. The second kappa shape index (κ2) is 9.78. The van der Waals surface area contributed by atoms with Crippen molar-refractivity contribution in [3.8, 4) is 0 Å². The smallest absolute Gasteiger partial charge is 0.191 e. The van der Waals surface area contributed by atoms with Crippen molar-refractivity contribution >= 4 is 21.5 Å². The summed E-state index contributed by atoms with van der Waals surface area (Å²) < 4.78 is 23.6. The van der Waals surface area contributed by atoms with Crippen molar-refractivity contribution in [2.75, 3.05) is 31.8 Å². The fourth-order valence-electron chi connectivity index (χ4n) is 3.16. The van der Waals surface area contributed by atoms with Gasteiger partial charge in [-0.2, -0.15) is 0 Å². The largest absolute Gasteiger partial charge is 0.377 e. The van der Waals surface area contributed by atoms with Gasteiger partial charge in [0.25, 0.3) is 0 Å². The first kappa shape index (κ1) is 22.7. The first-order valence-corrected chi connectivity index (χ1v) is 11.6. The molecule has 0 saturated carbocycles. The van der Waals surface area contributed by atoms with Crippen molar-refractivity contribution in [2.45, 2.75) is 38.8 Å². The molecule has 29 heavy (non-hydrogen) atoms. The van der Waals surface area contributed by atoms with E-state index in [1.807, 2.05) is 40.1 Å². The zero-order chi connectivity index (χ0) is 21.6. The van der Waals surface area contributed by atoms with E-state index in [2.05, 4.69) is 45.6 Å². The average Bonchev–Trinajstić information content (AvgIpc) is 2.63. The second-order valence-electron chi connectivity index (χ2n) is 7.45. The number of anilines is 1. The molecule has 0 atom stereocenters. The molecule has 2 N–H and O–H groups in total. The Morgan fingerprint density at radius 2 is 1.79 bits per heavy atom. The van der Waals surface area contributed by atoms with Gasteiger partial charge in [-0.1, -0.05) is 24.3 Å².